The molecule has 8 nitrogen and oxygen atoms in total. The molecule has 0 radical (unpaired) electrons. The second kappa shape index (κ2) is 9.72. The minimum Gasteiger partial charge on any atom is -0.336 e. The monoisotopic (exact) mass is 368 g/mol. The Balaban J connectivity index is 3.27. The number of nitrogens with zero attached hydrogens (tertiary/aromatic N) is 2. The zero-order chi connectivity index (χ0) is 17.3. The lowest BCUT2D eigenvalue weighted by atomic mass is 10.7. The summed E-state index contributed by atoms with van der Waals surface area (Å²) in [7, 11) is -7.43. The standard InChI is InChI=1S/C13H26N2O6P2/c1-5-18-22(16,19-6-2)13(11-15-10-9-14-12-15)23(17,20-7-3)21-8-4/h9-10,12-13H,5-8,11H2,1-4H3. The Bertz CT molecular complexity index is 487. The number of hydrogen-bond donors (Lipinski definition) is 0. The van der Waals surface area contributed by atoms with E-state index in [1.54, 1.807) is 44.7 Å². The average Bonchev–Trinajstić information content (AvgIpc) is 2.98. The zero-order valence-corrected chi connectivity index (χ0v) is 15.9. The van der Waals surface area contributed by atoms with Crippen LogP contribution in [-0.4, -0.2) is 41.4 Å². The molecule has 0 saturated carbocycles. The molecule has 0 aliphatic rings. The molecule has 1 rings (SSSR count). The van der Waals surface area contributed by atoms with E-state index >= 15 is 0 Å². The maximum Gasteiger partial charge on any atom is 0.347 e. The van der Waals surface area contributed by atoms with Gasteiger partial charge in [-0.05, 0) is 27.7 Å². The molecule has 0 N–H and O–H groups in total. The van der Waals surface area contributed by atoms with Crippen molar-refractivity contribution in [2.75, 3.05) is 26.4 Å². The number of aromatic nitrogens is 2. The van der Waals surface area contributed by atoms with Gasteiger partial charge in [0.2, 0.25) is 0 Å². The molecular formula is C13H26N2O6P2. The van der Waals surface area contributed by atoms with Crippen LogP contribution in [0.2, 0.25) is 0 Å². The highest BCUT2D eigenvalue weighted by Gasteiger charge is 2.50. The van der Waals surface area contributed by atoms with Crippen LogP contribution in [0.4, 0.5) is 0 Å². The summed E-state index contributed by atoms with van der Waals surface area (Å²) in [6.45, 7) is 7.54. The van der Waals surface area contributed by atoms with Gasteiger partial charge in [-0.2, -0.15) is 0 Å². The smallest absolute Gasteiger partial charge is 0.336 e. The molecule has 0 atom stereocenters. The summed E-state index contributed by atoms with van der Waals surface area (Å²) >= 11 is 0. The van der Waals surface area contributed by atoms with Crippen LogP contribution in [0.3, 0.4) is 0 Å². The van der Waals surface area contributed by atoms with Crippen molar-refractivity contribution in [3.63, 3.8) is 0 Å². The van der Waals surface area contributed by atoms with E-state index in [1.807, 2.05) is 0 Å². The third kappa shape index (κ3) is 5.52. The molecule has 0 aliphatic heterocycles. The summed E-state index contributed by atoms with van der Waals surface area (Å²) in [5.41, 5.74) is 0. The molecule has 134 valence electrons. The van der Waals surface area contributed by atoms with Gasteiger partial charge in [-0.1, -0.05) is 0 Å². The van der Waals surface area contributed by atoms with E-state index < -0.39 is 20.6 Å². The van der Waals surface area contributed by atoms with Crippen LogP contribution in [0.5, 0.6) is 0 Å². The second-order valence-electron chi connectivity index (χ2n) is 4.49. The number of imidazole rings is 1. The predicted molar refractivity (Wildman–Crippen MR) is 87.7 cm³/mol. The number of rotatable bonds is 12. The van der Waals surface area contributed by atoms with Crippen LogP contribution >= 0.6 is 15.2 Å². The van der Waals surface area contributed by atoms with Crippen LogP contribution in [0.15, 0.2) is 18.7 Å². The molecule has 0 spiro atoms. The van der Waals surface area contributed by atoms with Crippen molar-refractivity contribution in [2.45, 2.75) is 39.6 Å². The van der Waals surface area contributed by atoms with Crippen molar-refractivity contribution in [1.29, 1.82) is 0 Å². The first-order chi connectivity index (χ1) is 11.0. The SMILES string of the molecule is CCOP(=O)(OCC)C(Cn1ccnc1)P(=O)(OCC)OCC. The summed E-state index contributed by atoms with van der Waals surface area (Å²) in [6, 6.07) is 0. The molecule has 1 aromatic heterocycles. The van der Waals surface area contributed by atoms with Gasteiger partial charge < -0.3 is 22.7 Å². The van der Waals surface area contributed by atoms with Gasteiger partial charge >= 0.3 is 15.2 Å². The van der Waals surface area contributed by atoms with E-state index in [9.17, 15) is 9.13 Å². The zero-order valence-electron chi connectivity index (χ0n) is 14.1. The Labute approximate surface area is 137 Å². The Morgan fingerprint density at radius 1 is 0.913 bits per heavy atom. The highest BCUT2D eigenvalue weighted by atomic mass is 31.2. The van der Waals surface area contributed by atoms with E-state index in [0.29, 0.717) is 0 Å². The maximum absolute atomic E-state index is 13.2. The lowest BCUT2D eigenvalue weighted by Gasteiger charge is -2.31. The fraction of sp³-hybridized carbons (Fsp3) is 0.769. The summed E-state index contributed by atoms with van der Waals surface area (Å²) in [5.74, 6) is 0. The van der Waals surface area contributed by atoms with Gasteiger partial charge in [-0.25, -0.2) is 4.98 Å². The molecule has 0 saturated heterocycles. The van der Waals surface area contributed by atoms with Crippen LogP contribution in [-0.2, 0) is 33.8 Å². The summed E-state index contributed by atoms with van der Waals surface area (Å²) in [6.07, 6.45) is 4.80. The van der Waals surface area contributed by atoms with Crippen molar-refractivity contribution in [3.05, 3.63) is 18.7 Å². The Kier molecular flexibility index (Phi) is 8.69. The van der Waals surface area contributed by atoms with Gasteiger partial charge in [0, 0.05) is 18.9 Å². The molecule has 0 amide bonds. The topological polar surface area (TPSA) is 88.9 Å². The van der Waals surface area contributed by atoms with Crippen LogP contribution in [0.25, 0.3) is 0 Å². The van der Waals surface area contributed by atoms with Crippen LogP contribution in [0, 0.1) is 0 Å². The minimum absolute atomic E-state index is 0.0918. The van der Waals surface area contributed by atoms with Gasteiger partial charge in [-0.3, -0.25) is 9.13 Å². The minimum atomic E-state index is -3.71. The highest BCUT2D eigenvalue weighted by molar-refractivity contribution is 7.72. The molecular weight excluding hydrogens is 342 g/mol. The summed E-state index contributed by atoms with van der Waals surface area (Å²) < 4.78 is 49.7. The van der Waals surface area contributed by atoms with Crippen molar-refractivity contribution in [1.82, 2.24) is 9.55 Å². The van der Waals surface area contributed by atoms with Crippen LogP contribution in [0.1, 0.15) is 27.7 Å². The van der Waals surface area contributed by atoms with Crippen LogP contribution < -0.4 is 0 Å². The van der Waals surface area contributed by atoms with E-state index in [2.05, 4.69) is 4.98 Å². The van der Waals surface area contributed by atoms with Crippen molar-refractivity contribution >= 4 is 15.2 Å². The lowest BCUT2D eigenvalue weighted by Crippen LogP contribution is -2.22. The highest BCUT2D eigenvalue weighted by Crippen LogP contribution is 2.70. The molecule has 0 aromatic carbocycles. The van der Waals surface area contributed by atoms with Crippen molar-refractivity contribution in [2.24, 2.45) is 0 Å². The fourth-order valence-electron chi connectivity index (χ4n) is 2.09. The number of hydrogen-bond acceptors (Lipinski definition) is 7. The van der Waals surface area contributed by atoms with Gasteiger partial charge in [0.05, 0.1) is 32.8 Å². The van der Waals surface area contributed by atoms with Gasteiger partial charge in [0.25, 0.3) is 0 Å². The quantitative estimate of drug-likeness (QED) is 0.519. The van der Waals surface area contributed by atoms with E-state index in [-0.39, 0.29) is 33.0 Å². The Hall–Kier alpha value is -0.490. The first-order valence-corrected chi connectivity index (χ1v) is 10.9. The van der Waals surface area contributed by atoms with E-state index in [4.69, 9.17) is 18.1 Å². The normalized spacial score (nSPS) is 12.9. The first-order valence-electron chi connectivity index (χ1n) is 7.69. The van der Waals surface area contributed by atoms with E-state index in [0.717, 1.165) is 0 Å². The molecule has 0 fully saturated rings. The van der Waals surface area contributed by atoms with Crippen molar-refractivity contribution in [3.8, 4) is 0 Å². The first kappa shape index (κ1) is 20.6. The van der Waals surface area contributed by atoms with Gasteiger partial charge in [0.1, 0.15) is 0 Å². The lowest BCUT2D eigenvalue weighted by molar-refractivity contribution is 0.192. The largest absolute Gasteiger partial charge is 0.347 e. The average molecular weight is 368 g/mol. The summed E-state index contributed by atoms with van der Waals surface area (Å²) in [5, 5.41) is -1.07. The molecule has 23 heavy (non-hydrogen) atoms. The Morgan fingerprint density at radius 2 is 1.35 bits per heavy atom. The predicted octanol–water partition coefficient (Wildman–Crippen LogP) is 3.74. The molecule has 0 unspecified atom stereocenters. The molecule has 0 aliphatic carbocycles. The summed E-state index contributed by atoms with van der Waals surface area (Å²) in [4.78, 5) is 3.94. The van der Waals surface area contributed by atoms with E-state index in [1.165, 1.54) is 6.33 Å². The molecule has 1 aromatic rings. The third-order valence-corrected chi connectivity index (χ3v) is 8.86. The maximum atomic E-state index is 13.2. The van der Waals surface area contributed by atoms with Crippen molar-refractivity contribution < 1.29 is 27.2 Å². The second-order valence-corrected chi connectivity index (χ2v) is 9.34. The molecule has 10 heteroatoms. The van der Waals surface area contributed by atoms with Gasteiger partial charge in [0.15, 0.2) is 5.40 Å². The van der Waals surface area contributed by atoms with Gasteiger partial charge in [-0.15, -0.1) is 0 Å². The fourth-order valence-corrected chi connectivity index (χ4v) is 7.33. The molecule has 0 bridgehead atoms. The Morgan fingerprint density at radius 3 is 1.65 bits per heavy atom. The molecule has 1 heterocycles. The third-order valence-electron chi connectivity index (χ3n) is 2.90.